The van der Waals surface area contributed by atoms with Crippen LogP contribution in [0.15, 0.2) is 0 Å². The molecule has 0 saturated carbocycles. The van der Waals surface area contributed by atoms with Crippen LogP contribution in [0.5, 0.6) is 0 Å². The van der Waals surface area contributed by atoms with Gasteiger partial charge in [-0.2, -0.15) is 0 Å². The standard InChI is InChI=1S/C13H21N3O3/c1-4-5-11(12(17)18)15-13(19)14-10-6-7-16(3)8-9(10)2/h1,9-11H,5-8H2,2-3H3,(H,17,18)(H2,14,15,19). The molecule has 6 heteroatoms. The molecule has 3 N–H and O–H groups in total. The second-order valence-electron chi connectivity index (χ2n) is 5.05. The number of rotatable bonds is 4. The number of hydrogen-bond donors (Lipinski definition) is 3. The molecule has 19 heavy (non-hydrogen) atoms. The third-order valence-electron chi connectivity index (χ3n) is 3.35. The third kappa shape index (κ3) is 4.79. The van der Waals surface area contributed by atoms with E-state index in [0.29, 0.717) is 5.92 Å². The minimum atomic E-state index is -1.12. The van der Waals surface area contributed by atoms with Crippen molar-refractivity contribution in [3.8, 4) is 12.3 Å². The summed E-state index contributed by atoms with van der Waals surface area (Å²) in [5, 5.41) is 14.1. The lowest BCUT2D eigenvalue weighted by Crippen LogP contribution is -2.54. The zero-order chi connectivity index (χ0) is 14.4. The number of piperidine rings is 1. The number of terminal acetylenes is 1. The lowest BCUT2D eigenvalue weighted by Gasteiger charge is -2.35. The second-order valence-corrected chi connectivity index (χ2v) is 5.05. The van der Waals surface area contributed by atoms with Gasteiger partial charge in [-0.3, -0.25) is 0 Å². The molecule has 1 rings (SSSR count). The Morgan fingerprint density at radius 3 is 2.79 bits per heavy atom. The molecular formula is C13H21N3O3. The number of carbonyl (C=O) groups excluding carboxylic acids is 1. The smallest absolute Gasteiger partial charge is 0.327 e. The molecule has 0 aromatic heterocycles. The van der Waals surface area contributed by atoms with Crippen LogP contribution >= 0.6 is 0 Å². The SMILES string of the molecule is C#CCC(NC(=O)NC1CCN(C)CC1C)C(=O)O. The lowest BCUT2D eigenvalue weighted by molar-refractivity contribution is -0.139. The molecule has 3 unspecified atom stereocenters. The highest BCUT2D eigenvalue weighted by Gasteiger charge is 2.27. The van der Waals surface area contributed by atoms with Crippen molar-refractivity contribution in [1.82, 2.24) is 15.5 Å². The third-order valence-corrected chi connectivity index (χ3v) is 3.35. The number of carboxylic acid groups (broad SMARTS) is 1. The van der Waals surface area contributed by atoms with Crippen LogP contribution in [0.1, 0.15) is 19.8 Å². The van der Waals surface area contributed by atoms with Crippen molar-refractivity contribution in [3.05, 3.63) is 0 Å². The monoisotopic (exact) mass is 267 g/mol. The van der Waals surface area contributed by atoms with Gasteiger partial charge in [0.15, 0.2) is 0 Å². The molecule has 3 atom stereocenters. The van der Waals surface area contributed by atoms with Gasteiger partial charge in [-0.25, -0.2) is 9.59 Å². The van der Waals surface area contributed by atoms with E-state index < -0.39 is 18.0 Å². The molecule has 0 spiro atoms. The van der Waals surface area contributed by atoms with Crippen LogP contribution in [-0.2, 0) is 4.79 Å². The average Bonchev–Trinajstić information content (AvgIpc) is 2.32. The molecule has 1 aliphatic rings. The summed E-state index contributed by atoms with van der Waals surface area (Å²) in [4.78, 5) is 24.8. The van der Waals surface area contributed by atoms with Crippen LogP contribution in [0.2, 0.25) is 0 Å². The van der Waals surface area contributed by atoms with Crippen LogP contribution in [0.4, 0.5) is 4.79 Å². The van der Waals surface area contributed by atoms with E-state index >= 15 is 0 Å². The number of likely N-dealkylation sites (tertiary alicyclic amines) is 1. The molecule has 0 aliphatic carbocycles. The van der Waals surface area contributed by atoms with E-state index in [-0.39, 0.29) is 12.5 Å². The van der Waals surface area contributed by atoms with Crippen molar-refractivity contribution >= 4 is 12.0 Å². The van der Waals surface area contributed by atoms with Crippen LogP contribution in [0.3, 0.4) is 0 Å². The number of urea groups is 1. The first-order valence-corrected chi connectivity index (χ1v) is 6.36. The Kier molecular flexibility index (Phi) is 5.64. The zero-order valence-electron chi connectivity index (χ0n) is 11.3. The Balaban J connectivity index is 2.46. The summed E-state index contributed by atoms with van der Waals surface area (Å²) in [6.07, 6.45) is 5.91. The molecule has 1 fully saturated rings. The first kappa shape index (κ1) is 15.3. The Hall–Kier alpha value is -1.74. The molecule has 0 aromatic rings. The fourth-order valence-electron chi connectivity index (χ4n) is 2.25. The first-order chi connectivity index (χ1) is 8.93. The Morgan fingerprint density at radius 1 is 1.58 bits per heavy atom. The highest BCUT2D eigenvalue weighted by molar-refractivity contribution is 5.82. The molecule has 2 amide bonds. The number of aliphatic carboxylic acids is 1. The van der Waals surface area contributed by atoms with E-state index in [1.54, 1.807) is 0 Å². The summed E-state index contributed by atoms with van der Waals surface area (Å²) in [6, 6.07) is -1.44. The van der Waals surface area contributed by atoms with E-state index in [1.807, 2.05) is 7.05 Å². The van der Waals surface area contributed by atoms with E-state index in [0.717, 1.165) is 19.5 Å². The molecule has 1 aliphatic heterocycles. The van der Waals surface area contributed by atoms with Crippen molar-refractivity contribution in [1.29, 1.82) is 0 Å². The quantitative estimate of drug-likeness (QED) is 0.631. The second kappa shape index (κ2) is 7.00. The average molecular weight is 267 g/mol. The zero-order valence-corrected chi connectivity index (χ0v) is 11.3. The summed E-state index contributed by atoms with van der Waals surface area (Å²) >= 11 is 0. The molecule has 1 heterocycles. The first-order valence-electron chi connectivity index (χ1n) is 6.36. The van der Waals surface area contributed by atoms with Gasteiger partial charge in [0, 0.05) is 19.0 Å². The summed E-state index contributed by atoms with van der Waals surface area (Å²) in [7, 11) is 2.04. The molecular weight excluding hydrogens is 246 g/mol. The highest BCUT2D eigenvalue weighted by atomic mass is 16.4. The Morgan fingerprint density at radius 2 is 2.26 bits per heavy atom. The molecule has 106 valence electrons. The number of amides is 2. The molecule has 1 saturated heterocycles. The maximum Gasteiger partial charge on any atom is 0.327 e. The predicted molar refractivity (Wildman–Crippen MR) is 71.6 cm³/mol. The van der Waals surface area contributed by atoms with Gasteiger partial charge in [0.05, 0.1) is 0 Å². The summed E-state index contributed by atoms with van der Waals surface area (Å²) < 4.78 is 0. The van der Waals surface area contributed by atoms with Gasteiger partial charge >= 0.3 is 12.0 Å². The molecule has 0 radical (unpaired) electrons. The molecule has 0 bridgehead atoms. The normalized spacial score (nSPS) is 25.1. The van der Waals surface area contributed by atoms with Gasteiger partial charge in [-0.05, 0) is 25.9 Å². The fourth-order valence-corrected chi connectivity index (χ4v) is 2.25. The van der Waals surface area contributed by atoms with Crippen LogP contribution < -0.4 is 10.6 Å². The van der Waals surface area contributed by atoms with Crippen LogP contribution in [-0.4, -0.2) is 54.2 Å². The summed E-state index contributed by atoms with van der Waals surface area (Å²) in [5.41, 5.74) is 0. The Labute approximate surface area is 113 Å². The minimum Gasteiger partial charge on any atom is -0.480 e. The van der Waals surface area contributed by atoms with E-state index in [4.69, 9.17) is 11.5 Å². The predicted octanol–water partition coefficient (Wildman–Crippen LogP) is 0.102. The van der Waals surface area contributed by atoms with Gasteiger partial charge in [-0.15, -0.1) is 12.3 Å². The van der Waals surface area contributed by atoms with Crippen molar-refractivity contribution in [3.63, 3.8) is 0 Å². The number of carbonyl (C=O) groups is 2. The van der Waals surface area contributed by atoms with E-state index in [1.165, 1.54) is 0 Å². The maximum atomic E-state index is 11.8. The van der Waals surface area contributed by atoms with Gasteiger partial charge < -0.3 is 20.6 Å². The van der Waals surface area contributed by atoms with Crippen molar-refractivity contribution in [2.24, 2.45) is 5.92 Å². The van der Waals surface area contributed by atoms with Crippen molar-refractivity contribution < 1.29 is 14.7 Å². The van der Waals surface area contributed by atoms with Crippen molar-refractivity contribution in [2.75, 3.05) is 20.1 Å². The van der Waals surface area contributed by atoms with Gasteiger partial charge in [0.2, 0.25) is 0 Å². The number of nitrogens with zero attached hydrogens (tertiary/aromatic N) is 1. The fraction of sp³-hybridized carbons (Fsp3) is 0.692. The number of hydrogen-bond acceptors (Lipinski definition) is 3. The summed E-state index contributed by atoms with van der Waals surface area (Å²) in [6.45, 7) is 3.90. The maximum absolute atomic E-state index is 11.8. The van der Waals surface area contributed by atoms with E-state index in [9.17, 15) is 9.59 Å². The lowest BCUT2D eigenvalue weighted by atomic mass is 9.94. The minimum absolute atomic E-state index is 0.0221. The Bertz CT molecular complexity index is 378. The van der Waals surface area contributed by atoms with E-state index in [2.05, 4.69) is 28.4 Å². The van der Waals surface area contributed by atoms with Gasteiger partial charge in [0.25, 0.3) is 0 Å². The molecule has 0 aromatic carbocycles. The van der Waals surface area contributed by atoms with Gasteiger partial charge in [-0.1, -0.05) is 6.92 Å². The highest BCUT2D eigenvalue weighted by Crippen LogP contribution is 2.15. The largest absolute Gasteiger partial charge is 0.480 e. The van der Waals surface area contributed by atoms with Gasteiger partial charge in [0.1, 0.15) is 6.04 Å². The summed E-state index contributed by atoms with van der Waals surface area (Å²) in [5.74, 6) is 1.46. The van der Waals surface area contributed by atoms with Crippen LogP contribution in [0, 0.1) is 18.3 Å². The topological polar surface area (TPSA) is 81.7 Å². The number of nitrogens with one attached hydrogen (secondary N) is 2. The van der Waals surface area contributed by atoms with Crippen molar-refractivity contribution in [2.45, 2.75) is 31.8 Å². The van der Waals surface area contributed by atoms with Crippen LogP contribution in [0.25, 0.3) is 0 Å². The number of carboxylic acids is 1. The molecule has 6 nitrogen and oxygen atoms in total.